The minimum absolute atomic E-state index is 0.249. The van der Waals surface area contributed by atoms with E-state index in [0.29, 0.717) is 18.8 Å². The van der Waals surface area contributed by atoms with Crippen molar-refractivity contribution in [1.29, 1.82) is 5.26 Å². The average molecular weight is 189 g/mol. The summed E-state index contributed by atoms with van der Waals surface area (Å²) in [7, 11) is 0. The number of ether oxygens (including phenoxy) is 2. The third-order valence-electron chi connectivity index (χ3n) is 2.26. The van der Waals surface area contributed by atoms with Gasteiger partial charge < -0.3 is 9.47 Å². The van der Waals surface area contributed by atoms with Crippen LogP contribution in [0.5, 0.6) is 0 Å². The van der Waals surface area contributed by atoms with Crippen molar-refractivity contribution in [1.82, 2.24) is 0 Å². The molecule has 1 fully saturated rings. The second-order valence-electron chi connectivity index (χ2n) is 3.26. The molecule has 1 aromatic carbocycles. The van der Waals surface area contributed by atoms with Crippen LogP contribution in [-0.2, 0) is 9.47 Å². The van der Waals surface area contributed by atoms with Gasteiger partial charge in [0.15, 0.2) is 6.29 Å². The SMILES string of the molecule is Cc1cc(C2OCCO2)ccc1C#N. The second-order valence-corrected chi connectivity index (χ2v) is 3.26. The number of aryl methyl sites for hydroxylation is 1. The van der Waals surface area contributed by atoms with Gasteiger partial charge in [0.2, 0.25) is 0 Å². The fourth-order valence-corrected chi connectivity index (χ4v) is 1.51. The zero-order valence-electron chi connectivity index (χ0n) is 7.99. The first-order chi connectivity index (χ1) is 6.81. The molecule has 3 heteroatoms. The van der Waals surface area contributed by atoms with Crippen LogP contribution in [0.3, 0.4) is 0 Å². The van der Waals surface area contributed by atoms with Crippen LogP contribution in [-0.4, -0.2) is 13.2 Å². The van der Waals surface area contributed by atoms with Gasteiger partial charge >= 0.3 is 0 Å². The molecule has 1 aromatic rings. The van der Waals surface area contributed by atoms with Crippen LogP contribution in [0.4, 0.5) is 0 Å². The summed E-state index contributed by atoms with van der Waals surface area (Å²) in [4.78, 5) is 0. The standard InChI is InChI=1S/C11H11NO2/c1-8-6-9(2-3-10(8)7-12)11-13-4-5-14-11/h2-3,6,11H,4-5H2,1H3. The molecule has 0 saturated carbocycles. The Labute approximate surface area is 82.9 Å². The Morgan fingerprint density at radius 1 is 1.36 bits per heavy atom. The molecule has 0 unspecified atom stereocenters. The fourth-order valence-electron chi connectivity index (χ4n) is 1.51. The molecule has 0 aromatic heterocycles. The molecular weight excluding hydrogens is 178 g/mol. The van der Waals surface area contributed by atoms with Gasteiger partial charge in [-0.25, -0.2) is 0 Å². The Hall–Kier alpha value is -1.37. The third kappa shape index (κ3) is 1.63. The maximum atomic E-state index is 8.76. The van der Waals surface area contributed by atoms with Gasteiger partial charge in [-0.3, -0.25) is 0 Å². The summed E-state index contributed by atoms with van der Waals surface area (Å²) in [6.07, 6.45) is -0.249. The van der Waals surface area contributed by atoms with Gasteiger partial charge in [-0.05, 0) is 24.6 Å². The Morgan fingerprint density at radius 2 is 2.07 bits per heavy atom. The third-order valence-corrected chi connectivity index (χ3v) is 2.26. The lowest BCUT2D eigenvalue weighted by molar-refractivity contribution is -0.0441. The quantitative estimate of drug-likeness (QED) is 0.677. The van der Waals surface area contributed by atoms with Crippen molar-refractivity contribution in [2.75, 3.05) is 13.2 Å². The predicted molar refractivity (Wildman–Crippen MR) is 50.5 cm³/mol. The monoisotopic (exact) mass is 189 g/mol. The van der Waals surface area contributed by atoms with Crippen molar-refractivity contribution in [3.8, 4) is 6.07 Å². The van der Waals surface area contributed by atoms with Gasteiger partial charge in [0.1, 0.15) is 0 Å². The van der Waals surface area contributed by atoms with E-state index >= 15 is 0 Å². The largest absolute Gasteiger partial charge is 0.346 e. The van der Waals surface area contributed by atoms with Crippen molar-refractivity contribution in [2.45, 2.75) is 13.2 Å². The minimum atomic E-state index is -0.249. The molecule has 0 bridgehead atoms. The van der Waals surface area contributed by atoms with Gasteiger partial charge in [-0.1, -0.05) is 6.07 Å². The van der Waals surface area contributed by atoms with Crippen LogP contribution >= 0.6 is 0 Å². The van der Waals surface area contributed by atoms with Crippen LogP contribution in [0.15, 0.2) is 18.2 Å². The zero-order chi connectivity index (χ0) is 9.97. The summed E-state index contributed by atoms with van der Waals surface area (Å²) in [6.45, 7) is 3.20. The zero-order valence-corrected chi connectivity index (χ0v) is 7.99. The van der Waals surface area contributed by atoms with Crippen molar-refractivity contribution >= 4 is 0 Å². The lowest BCUT2D eigenvalue weighted by Crippen LogP contribution is -1.98. The molecule has 3 nitrogen and oxygen atoms in total. The summed E-state index contributed by atoms with van der Waals surface area (Å²) >= 11 is 0. The van der Waals surface area contributed by atoms with E-state index in [1.165, 1.54) is 0 Å². The van der Waals surface area contributed by atoms with Crippen LogP contribution in [0.2, 0.25) is 0 Å². The molecule has 1 aliphatic heterocycles. The van der Waals surface area contributed by atoms with E-state index in [-0.39, 0.29) is 6.29 Å². The molecule has 2 rings (SSSR count). The first-order valence-electron chi connectivity index (χ1n) is 4.55. The van der Waals surface area contributed by atoms with Crippen LogP contribution < -0.4 is 0 Å². The van der Waals surface area contributed by atoms with Gasteiger partial charge in [0, 0.05) is 5.56 Å². The van der Waals surface area contributed by atoms with Crippen molar-refractivity contribution in [3.63, 3.8) is 0 Å². The normalized spacial score (nSPS) is 16.9. The molecule has 0 atom stereocenters. The molecule has 0 radical (unpaired) electrons. The van der Waals surface area contributed by atoms with Crippen molar-refractivity contribution in [3.05, 3.63) is 34.9 Å². The second kappa shape index (κ2) is 3.79. The number of benzene rings is 1. The van der Waals surface area contributed by atoms with E-state index in [2.05, 4.69) is 6.07 Å². The Morgan fingerprint density at radius 3 is 2.64 bits per heavy atom. The first kappa shape index (κ1) is 9.20. The maximum Gasteiger partial charge on any atom is 0.184 e. The number of hydrogen-bond donors (Lipinski definition) is 0. The first-order valence-corrected chi connectivity index (χ1v) is 4.55. The average Bonchev–Trinajstić information content (AvgIpc) is 2.70. The molecule has 1 saturated heterocycles. The molecule has 0 spiro atoms. The smallest absolute Gasteiger partial charge is 0.184 e. The number of nitriles is 1. The lowest BCUT2D eigenvalue weighted by atomic mass is 10.1. The summed E-state index contributed by atoms with van der Waals surface area (Å²) < 4.78 is 10.7. The summed E-state index contributed by atoms with van der Waals surface area (Å²) in [5.41, 5.74) is 2.65. The molecule has 14 heavy (non-hydrogen) atoms. The Bertz CT molecular complexity index is 375. The number of nitrogens with zero attached hydrogens (tertiary/aromatic N) is 1. The molecule has 0 aliphatic carbocycles. The molecule has 72 valence electrons. The lowest BCUT2D eigenvalue weighted by Gasteiger charge is -2.10. The minimum Gasteiger partial charge on any atom is -0.346 e. The van der Waals surface area contributed by atoms with E-state index in [1.54, 1.807) is 6.07 Å². The Balaban J connectivity index is 2.28. The van der Waals surface area contributed by atoms with Gasteiger partial charge in [0.25, 0.3) is 0 Å². The molecule has 1 aliphatic rings. The predicted octanol–water partition coefficient (Wildman–Crippen LogP) is 1.91. The van der Waals surface area contributed by atoms with Gasteiger partial charge in [0.05, 0.1) is 24.8 Å². The van der Waals surface area contributed by atoms with E-state index < -0.39 is 0 Å². The summed E-state index contributed by atoms with van der Waals surface area (Å²) in [5, 5.41) is 8.76. The van der Waals surface area contributed by atoms with Crippen LogP contribution in [0, 0.1) is 18.3 Å². The Kier molecular flexibility index (Phi) is 2.49. The molecular formula is C11H11NO2. The van der Waals surface area contributed by atoms with E-state index in [9.17, 15) is 0 Å². The number of hydrogen-bond acceptors (Lipinski definition) is 3. The van der Waals surface area contributed by atoms with E-state index in [0.717, 1.165) is 11.1 Å². The van der Waals surface area contributed by atoms with Crippen LogP contribution in [0.25, 0.3) is 0 Å². The van der Waals surface area contributed by atoms with Gasteiger partial charge in [-0.2, -0.15) is 5.26 Å². The fraction of sp³-hybridized carbons (Fsp3) is 0.364. The van der Waals surface area contributed by atoms with E-state index in [4.69, 9.17) is 14.7 Å². The molecule has 1 heterocycles. The topological polar surface area (TPSA) is 42.2 Å². The molecule has 0 N–H and O–H groups in total. The van der Waals surface area contributed by atoms with E-state index in [1.807, 2.05) is 19.1 Å². The van der Waals surface area contributed by atoms with Crippen molar-refractivity contribution < 1.29 is 9.47 Å². The summed E-state index contributed by atoms with van der Waals surface area (Å²) in [6, 6.07) is 7.75. The highest BCUT2D eigenvalue weighted by atomic mass is 16.7. The number of rotatable bonds is 1. The van der Waals surface area contributed by atoms with Crippen LogP contribution in [0.1, 0.15) is 23.0 Å². The summed E-state index contributed by atoms with van der Waals surface area (Å²) in [5.74, 6) is 0. The highest BCUT2D eigenvalue weighted by Gasteiger charge is 2.18. The highest BCUT2D eigenvalue weighted by molar-refractivity contribution is 5.39. The highest BCUT2D eigenvalue weighted by Crippen LogP contribution is 2.24. The maximum absolute atomic E-state index is 8.76. The van der Waals surface area contributed by atoms with Crippen molar-refractivity contribution in [2.24, 2.45) is 0 Å². The van der Waals surface area contributed by atoms with Gasteiger partial charge in [-0.15, -0.1) is 0 Å². The molecule has 0 amide bonds.